The average Bonchev–Trinajstić information content (AvgIpc) is 2.84. The zero-order chi connectivity index (χ0) is 26.6. The second-order valence-electron chi connectivity index (χ2n) is 9.21. The van der Waals surface area contributed by atoms with Gasteiger partial charge >= 0.3 is 0 Å². The number of rotatable bonds is 5. The van der Waals surface area contributed by atoms with Crippen LogP contribution in [0.2, 0.25) is 10.0 Å². The molecule has 2 N–H and O–H groups in total. The topological polar surface area (TPSA) is 113 Å². The van der Waals surface area contributed by atoms with Crippen LogP contribution in [0.15, 0.2) is 46.6 Å². The third-order valence-electron chi connectivity index (χ3n) is 6.14. The molecule has 2 heterocycles. The predicted octanol–water partition coefficient (Wildman–Crippen LogP) is 4.00. The molecule has 2 amide bonds. The van der Waals surface area contributed by atoms with E-state index in [2.05, 4.69) is 15.2 Å². The molecule has 1 aromatic heterocycles. The summed E-state index contributed by atoms with van der Waals surface area (Å²) in [5.41, 5.74) is 7.16. The maximum absolute atomic E-state index is 13.1. The van der Waals surface area contributed by atoms with Crippen LogP contribution in [0.5, 0.6) is 5.88 Å². The van der Waals surface area contributed by atoms with Gasteiger partial charge in [0.05, 0.1) is 12.6 Å². The van der Waals surface area contributed by atoms with Gasteiger partial charge in [0.2, 0.25) is 11.7 Å². The lowest BCUT2D eigenvalue weighted by atomic mass is 9.97. The minimum Gasteiger partial charge on any atom is -0.481 e. The van der Waals surface area contributed by atoms with Crippen molar-refractivity contribution >= 4 is 46.6 Å². The van der Waals surface area contributed by atoms with E-state index in [0.717, 1.165) is 5.56 Å². The minimum absolute atomic E-state index is 0.0555. The van der Waals surface area contributed by atoms with Gasteiger partial charge in [-0.3, -0.25) is 9.59 Å². The number of carbonyl (C=O) groups is 2. The summed E-state index contributed by atoms with van der Waals surface area (Å²) < 4.78 is 5.11. The number of nitrogens with zero attached hydrogens (tertiary/aromatic N) is 5. The lowest BCUT2D eigenvalue weighted by Gasteiger charge is -2.46. The number of nitrogens with two attached hydrogens (primary N) is 1. The number of amidine groups is 1. The van der Waals surface area contributed by atoms with Crippen LogP contribution in [-0.2, 0) is 4.79 Å². The second-order valence-corrected chi connectivity index (χ2v) is 10.1. The Bertz CT molecular complexity index is 1210. The van der Waals surface area contributed by atoms with Crippen molar-refractivity contribution in [1.82, 2.24) is 14.8 Å². The lowest BCUT2D eigenvalue weighted by molar-refractivity contribution is -0.132. The van der Waals surface area contributed by atoms with Crippen molar-refractivity contribution in [2.45, 2.75) is 39.2 Å². The fourth-order valence-electron chi connectivity index (χ4n) is 3.97. The molecule has 1 atom stereocenters. The number of hydrogen-bond acceptors (Lipinski definition) is 6. The summed E-state index contributed by atoms with van der Waals surface area (Å²) in [4.78, 5) is 33.6. The van der Waals surface area contributed by atoms with Crippen molar-refractivity contribution < 1.29 is 14.3 Å². The van der Waals surface area contributed by atoms with Crippen molar-refractivity contribution in [2.75, 3.05) is 26.7 Å². The molecule has 2 aromatic rings. The zero-order valence-electron chi connectivity index (χ0n) is 21.0. The summed E-state index contributed by atoms with van der Waals surface area (Å²) >= 11 is 12.2. The van der Waals surface area contributed by atoms with Gasteiger partial charge in [-0.2, -0.15) is 5.10 Å². The Morgan fingerprint density at radius 3 is 2.50 bits per heavy atom. The summed E-state index contributed by atoms with van der Waals surface area (Å²) in [6, 6.07) is 10.5. The van der Waals surface area contributed by atoms with Gasteiger partial charge in [-0.05, 0) is 44.5 Å². The molecular weight excluding hydrogens is 503 g/mol. The fourth-order valence-corrected chi connectivity index (χ4v) is 4.37. The molecule has 1 aliphatic heterocycles. The van der Waals surface area contributed by atoms with Crippen LogP contribution in [0.3, 0.4) is 0 Å². The molecule has 1 aromatic carbocycles. The Balaban J connectivity index is 1.71. The number of halogens is 2. The zero-order valence-corrected chi connectivity index (χ0v) is 22.5. The highest BCUT2D eigenvalue weighted by Gasteiger charge is 2.40. The predicted molar refractivity (Wildman–Crippen MR) is 142 cm³/mol. The molecule has 0 bridgehead atoms. The summed E-state index contributed by atoms with van der Waals surface area (Å²) in [6.45, 7) is 8.36. The van der Waals surface area contributed by atoms with Gasteiger partial charge in [-0.15, -0.1) is 5.10 Å². The molecular formula is C25H30Cl2N6O3. The second kappa shape index (κ2) is 11.3. The largest absolute Gasteiger partial charge is 0.481 e. The lowest BCUT2D eigenvalue weighted by Crippen LogP contribution is -2.63. The van der Waals surface area contributed by atoms with Gasteiger partial charge in [-0.1, -0.05) is 42.3 Å². The molecule has 0 aliphatic carbocycles. The number of carbonyl (C=O) groups excluding carboxylic acids is 2. The monoisotopic (exact) mass is 532 g/mol. The van der Waals surface area contributed by atoms with Gasteiger partial charge in [-0.25, -0.2) is 4.98 Å². The van der Waals surface area contributed by atoms with E-state index < -0.39 is 11.4 Å². The number of benzene rings is 1. The summed E-state index contributed by atoms with van der Waals surface area (Å²) in [5.74, 6) is -0.764. The van der Waals surface area contributed by atoms with E-state index in [1.807, 2.05) is 45.9 Å². The number of piperazine rings is 1. The Morgan fingerprint density at radius 2 is 1.86 bits per heavy atom. The Hall–Kier alpha value is -3.17. The molecule has 0 radical (unpaired) electrons. The molecule has 36 heavy (non-hydrogen) atoms. The fraction of sp³-hybridized carbons (Fsp3) is 0.400. The number of aromatic nitrogens is 1. The van der Waals surface area contributed by atoms with Crippen LogP contribution in [0.4, 0.5) is 0 Å². The molecule has 0 saturated carbocycles. The summed E-state index contributed by atoms with van der Waals surface area (Å²) in [6.07, 6.45) is 0. The van der Waals surface area contributed by atoms with Crippen molar-refractivity contribution in [3.63, 3.8) is 0 Å². The highest BCUT2D eigenvalue weighted by Crippen LogP contribution is 2.25. The van der Waals surface area contributed by atoms with E-state index in [1.165, 1.54) is 19.2 Å². The van der Waals surface area contributed by atoms with Crippen LogP contribution in [0.25, 0.3) is 0 Å². The Labute approximate surface area is 220 Å². The van der Waals surface area contributed by atoms with Gasteiger partial charge in [0, 0.05) is 47.4 Å². The van der Waals surface area contributed by atoms with Gasteiger partial charge < -0.3 is 20.3 Å². The van der Waals surface area contributed by atoms with Crippen molar-refractivity contribution in [1.29, 1.82) is 0 Å². The maximum Gasteiger partial charge on any atom is 0.291 e. The van der Waals surface area contributed by atoms with E-state index in [9.17, 15) is 9.59 Å². The number of methoxy groups -OCH3 is 1. The third kappa shape index (κ3) is 6.33. The van der Waals surface area contributed by atoms with Crippen LogP contribution in [0.1, 0.15) is 49.7 Å². The molecule has 1 aliphatic rings. The van der Waals surface area contributed by atoms with E-state index in [1.54, 1.807) is 15.9 Å². The number of hydrogen-bond donors (Lipinski definition) is 1. The van der Waals surface area contributed by atoms with E-state index >= 15 is 0 Å². The highest BCUT2D eigenvalue weighted by atomic mass is 35.5. The average molecular weight is 533 g/mol. The first-order valence-electron chi connectivity index (χ1n) is 11.4. The molecule has 0 spiro atoms. The van der Waals surface area contributed by atoms with Gasteiger partial charge in [0.1, 0.15) is 5.69 Å². The van der Waals surface area contributed by atoms with E-state index in [-0.39, 0.29) is 42.3 Å². The minimum atomic E-state index is -0.708. The van der Waals surface area contributed by atoms with Crippen LogP contribution in [-0.4, -0.2) is 70.4 Å². The molecule has 3 rings (SSSR count). The SMILES string of the molecule is COc1cc(Cl)cc(C(=O)N2CCN(C(=O)C(N)=N/N=C(/C)C(C)c3cccc(Cl)c3)C(C)(C)C2)n1. The number of ether oxygens (including phenoxy) is 1. The quantitative estimate of drug-likeness (QED) is 0.355. The first-order chi connectivity index (χ1) is 16.9. The Kier molecular flexibility index (Phi) is 8.58. The number of amides is 2. The molecule has 1 fully saturated rings. The smallest absolute Gasteiger partial charge is 0.291 e. The first kappa shape index (κ1) is 27.4. The highest BCUT2D eigenvalue weighted by molar-refractivity contribution is 6.37. The van der Waals surface area contributed by atoms with Gasteiger partial charge in [0.15, 0.2) is 0 Å². The third-order valence-corrected chi connectivity index (χ3v) is 6.59. The van der Waals surface area contributed by atoms with Crippen LogP contribution < -0.4 is 10.5 Å². The van der Waals surface area contributed by atoms with Crippen molar-refractivity contribution in [2.24, 2.45) is 15.9 Å². The molecule has 9 nitrogen and oxygen atoms in total. The first-order valence-corrected chi connectivity index (χ1v) is 12.1. The van der Waals surface area contributed by atoms with Crippen LogP contribution in [0, 0.1) is 0 Å². The summed E-state index contributed by atoms with van der Waals surface area (Å²) in [5, 5.41) is 9.18. The normalized spacial score (nSPS) is 17.1. The molecule has 192 valence electrons. The van der Waals surface area contributed by atoms with Crippen molar-refractivity contribution in [3.8, 4) is 5.88 Å². The summed E-state index contributed by atoms with van der Waals surface area (Å²) in [7, 11) is 1.45. The van der Waals surface area contributed by atoms with Crippen LogP contribution >= 0.6 is 23.2 Å². The molecule has 1 saturated heterocycles. The molecule has 11 heteroatoms. The molecule has 1 unspecified atom stereocenters. The van der Waals surface area contributed by atoms with Crippen molar-refractivity contribution in [3.05, 3.63) is 57.7 Å². The van der Waals surface area contributed by atoms with E-state index in [0.29, 0.717) is 22.3 Å². The number of pyridine rings is 1. The Morgan fingerprint density at radius 1 is 1.14 bits per heavy atom. The van der Waals surface area contributed by atoms with E-state index in [4.69, 9.17) is 33.7 Å². The van der Waals surface area contributed by atoms with Gasteiger partial charge in [0.25, 0.3) is 11.8 Å². The standard InChI is InChI=1S/C25H30Cl2N6O3/c1-15(17-7-6-8-18(26)11-17)16(2)30-31-22(28)24(35)33-10-9-32(14-25(33,3)4)23(34)20-12-19(27)13-21(29-20)36-5/h6-8,11-13,15H,9-10,14H2,1-5H3,(H2,28,31)/b30-16-. The maximum atomic E-state index is 13.1.